The molecule has 1 atom stereocenters. The molecule has 2 aromatic carbocycles. The molecule has 1 fully saturated rings. The smallest absolute Gasteiger partial charge is 0.335 e. The number of benzene rings is 2. The molecule has 2 aliphatic heterocycles. The Morgan fingerprint density at radius 1 is 0.951 bits per heavy atom. The molecule has 2 aliphatic rings. The summed E-state index contributed by atoms with van der Waals surface area (Å²) in [7, 11) is 0. The number of amides is 1. The van der Waals surface area contributed by atoms with E-state index in [9.17, 15) is 14.7 Å². The first-order chi connectivity index (χ1) is 19.1. The van der Waals surface area contributed by atoms with E-state index in [1.54, 1.807) is 30.3 Å². The third-order valence-corrected chi connectivity index (χ3v) is 8.62. The number of halogens is 2. The topological polar surface area (TPSA) is 73.2 Å². The zero-order valence-electron chi connectivity index (χ0n) is 25.1. The zero-order chi connectivity index (χ0) is 30.2. The Balaban J connectivity index is 1.76. The van der Waals surface area contributed by atoms with Gasteiger partial charge in [0.15, 0.2) is 0 Å². The number of carboxylic acid groups (broad SMARTS) is 1. The van der Waals surface area contributed by atoms with E-state index in [-0.39, 0.29) is 28.3 Å². The number of hydrogen-bond acceptors (Lipinski definition) is 4. The van der Waals surface area contributed by atoms with Crippen LogP contribution in [-0.2, 0) is 4.79 Å². The summed E-state index contributed by atoms with van der Waals surface area (Å²) < 4.78 is 0. The molecule has 1 N–H and O–H groups in total. The molecule has 1 amide bonds. The van der Waals surface area contributed by atoms with Crippen LogP contribution in [0.25, 0.3) is 0 Å². The van der Waals surface area contributed by atoms with E-state index in [1.807, 2.05) is 17.0 Å². The van der Waals surface area contributed by atoms with Gasteiger partial charge in [-0.3, -0.25) is 9.79 Å². The van der Waals surface area contributed by atoms with Crippen molar-refractivity contribution in [2.45, 2.75) is 85.4 Å². The minimum atomic E-state index is -0.970. The zero-order valence-corrected chi connectivity index (χ0v) is 26.6. The van der Waals surface area contributed by atoms with Gasteiger partial charge in [0.25, 0.3) is 5.91 Å². The lowest BCUT2D eigenvalue weighted by molar-refractivity contribution is -0.133. The molecular formula is C33H43Cl2N3O3. The summed E-state index contributed by atoms with van der Waals surface area (Å²) in [5.74, 6) is -1.10. The summed E-state index contributed by atoms with van der Waals surface area (Å²) >= 11 is 12.7. The van der Waals surface area contributed by atoms with Crippen molar-refractivity contribution >= 4 is 40.8 Å². The average molecular weight is 601 g/mol. The molecule has 6 nitrogen and oxygen atoms in total. The van der Waals surface area contributed by atoms with Gasteiger partial charge >= 0.3 is 5.97 Å². The Bertz CT molecular complexity index is 1280. The van der Waals surface area contributed by atoms with E-state index in [1.165, 1.54) is 0 Å². The largest absolute Gasteiger partial charge is 0.478 e. The van der Waals surface area contributed by atoms with Crippen LogP contribution in [0.2, 0.25) is 10.0 Å². The SMILES string of the molecule is CC(C)(C)CC[C@H](c1ccc(C(=O)O)cc1)N1C(=O)C(c2cc(Cl)cc(Cl)c2)=NC12CCN(CCC(C)(C)C)CC2. The van der Waals surface area contributed by atoms with E-state index >= 15 is 0 Å². The van der Waals surface area contributed by atoms with Crippen molar-refractivity contribution in [2.75, 3.05) is 19.6 Å². The number of carbonyl (C=O) groups is 2. The van der Waals surface area contributed by atoms with Crippen LogP contribution in [0, 0.1) is 10.8 Å². The number of carboxylic acids is 1. The molecule has 0 bridgehead atoms. The highest BCUT2D eigenvalue weighted by Gasteiger charge is 2.51. The highest BCUT2D eigenvalue weighted by atomic mass is 35.5. The maximum atomic E-state index is 14.5. The number of piperidine rings is 1. The second-order valence-corrected chi connectivity index (χ2v) is 14.8. The highest BCUT2D eigenvalue weighted by molar-refractivity contribution is 6.47. The molecule has 0 unspecified atom stereocenters. The lowest BCUT2D eigenvalue weighted by atomic mass is 9.84. The molecule has 8 heteroatoms. The first kappa shape index (κ1) is 31.5. The van der Waals surface area contributed by atoms with Crippen LogP contribution in [-0.4, -0.2) is 57.8 Å². The Kier molecular flexibility index (Phi) is 9.28. The average Bonchev–Trinajstić information content (AvgIpc) is 3.14. The lowest BCUT2D eigenvalue weighted by Gasteiger charge is -2.47. The minimum absolute atomic E-state index is 0.0513. The van der Waals surface area contributed by atoms with Gasteiger partial charge in [-0.25, -0.2) is 4.79 Å². The Morgan fingerprint density at radius 3 is 2.02 bits per heavy atom. The predicted molar refractivity (Wildman–Crippen MR) is 167 cm³/mol. The number of carbonyl (C=O) groups excluding carboxylic acids is 1. The van der Waals surface area contributed by atoms with Gasteiger partial charge in [-0.2, -0.15) is 0 Å². The van der Waals surface area contributed by atoms with Crippen LogP contribution >= 0.6 is 23.2 Å². The minimum Gasteiger partial charge on any atom is -0.478 e. The third kappa shape index (κ3) is 7.71. The standard InChI is InChI=1S/C33H43Cl2N3O3/c1-31(2,3)12-11-27(22-7-9-23(10-8-22)30(40)41)38-29(39)28(24-19-25(34)21-26(35)20-24)36-33(38)14-17-37(18-15-33)16-13-32(4,5)6/h7-10,19-21,27H,11-18H2,1-6H3,(H,40,41)/t27-/m1/s1. The van der Waals surface area contributed by atoms with E-state index in [2.05, 4.69) is 46.4 Å². The predicted octanol–water partition coefficient (Wildman–Crippen LogP) is 8.12. The summed E-state index contributed by atoms with van der Waals surface area (Å²) in [4.78, 5) is 35.7. The molecule has 222 valence electrons. The van der Waals surface area contributed by atoms with Crippen LogP contribution in [0.4, 0.5) is 0 Å². The second kappa shape index (κ2) is 12.1. The van der Waals surface area contributed by atoms with Crippen LogP contribution in [0.1, 0.15) is 101 Å². The van der Waals surface area contributed by atoms with Crippen molar-refractivity contribution in [1.82, 2.24) is 9.80 Å². The van der Waals surface area contributed by atoms with E-state index in [4.69, 9.17) is 28.2 Å². The second-order valence-electron chi connectivity index (χ2n) is 14.0. The summed E-state index contributed by atoms with van der Waals surface area (Å²) in [5.41, 5.74) is 1.76. The quantitative estimate of drug-likeness (QED) is 0.332. The normalized spacial score (nSPS) is 18.6. The van der Waals surface area contributed by atoms with Gasteiger partial charge in [-0.1, -0.05) is 76.9 Å². The number of aromatic carboxylic acids is 1. The van der Waals surface area contributed by atoms with Crippen molar-refractivity contribution in [2.24, 2.45) is 15.8 Å². The van der Waals surface area contributed by atoms with Crippen LogP contribution in [0.5, 0.6) is 0 Å². The third-order valence-electron chi connectivity index (χ3n) is 8.18. The Morgan fingerprint density at radius 2 is 1.51 bits per heavy atom. The first-order valence-corrected chi connectivity index (χ1v) is 15.3. The number of aliphatic imine (C=N–C) groups is 1. The van der Waals surface area contributed by atoms with Gasteiger partial charge in [-0.05, 0) is 72.5 Å². The molecule has 2 heterocycles. The van der Waals surface area contributed by atoms with Gasteiger partial charge in [-0.15, -0.1) is 0 Å². The van der Waals surface area contributed by atoms with E-state index < -0.39 is 11.6 Å². The maximum absolute atomic E-state index is 14.5. The number of hydrogen-bond donors (Lipinski definition) is 1. The lowest BCUT2D eigenvalue weighted by Crippen LogP contribution is -2.55. The maximum Gasteiger partial charge on any atom is 0.335 e. The number of nitrogens with zero attached hydrogens (tertiary/aromatic N) is 3. The summed E-state index contributed by atoms with van der Waals surface area (Å²) in [6.45, 7) is 16.1. The molecule has 0 radical (unpaired) electrons. The monoisotopic (exact) mass is 599 g/mol. The summed E-state index contributed by atoms with van der Waals surface area (Å²) in [5, 5.41) is 10.4. The van der Waals surface area contributed by atoms with Gasteiger partial charge in [0, 0.05) is 41.5 Å². The van der Waals surface area contributed by atoms with Crippen molar-refractivity contribution in [1.29, 1.82) is 0 Å². The van der Waals surface area contributed by atoms with Crippen molar-refractivity contribution in [3.05, 3.63) is 69.2 Å². The van der Waals surface area contributed by atoms with E-state index in [0.29, 0.717) is 21.3 Å². The molecule has 0 saturated carbocycles. The van der Waals surface area contributed by atoms with Crippen LogP contribution in [0.15, 0.2) is 47.5 Å². The summed E-state index contributed by atoms with van der Waals surface area (Å²) in [6.07, 6.45) is 4.16. The van der Waals surface area contributed by atoms with Crippen molar-refractivity contribution in [3.63, 3.8) is 0 Å². The van der Waals surface area contributed by atoms with Gasteiger partial charge < -0.3 is 14.9 Å². The molecule has 0 aromatic heterocycles. The molecule has 2 aromatic rings. The Labute approximate surface area is 254 Å². The van der Waals surface area contributed by atoms with Gasteiger partial charge in [0.05, 0.1) is 11.6 Å². The Hall–Kier alpha value is -2.41. The van der Waals surface area contributed by atoms with Gasteiger partial charge in [0.2, 0.25) is 0 Å². The summed E-state index contributed by atoms with van der Waals surface area (Å²) in [6, 6.07) is 11.9. The molecule has 41 heavy (non-hydrogen) atoms. The molecule has 1 saturated heterocycles. The molecular weight excluding hydrogens is 557 g/mol. The first-order valence-electron chi connectivity index (χ1n) is 14.5. The van der Waals surface area contributed by atoms with Crippen molar-refractivity contribution in [3.8, 4) is 0 Å². The fourth-order valence-corrected chi connectivity index (χ4v) is 6.29. The fraction of sp³-hybridized carbons (Fsp3) is 0.545. The number of likely N-dealkylation sites (tertiary alicyclic amines) is 1. The highest BCUT2D eigenvalue weighted by Crippen LogP contribution is 2.45. The fourth-order valence-electron chi connectivity index (χ4n) is 5.77. The van der Waals surface area contributed by atoms with Gasteiger partial charge in [0.1, 0.15) is 11.4 Å². The molecule has 1 spiro atoms. The molecule has 0 aliphatic carbocycles. The van der Waals surface area contributed by atoms with Crippen LogP contribution in [0.3, 0.4) is 0 Å². The van der Waals surface area contributed by atoms with E-state index in [0.717, 1.165) is 57.3 Å². The van der Waals surface area contributed by atoms with Crippen LogP contribution < -0.4 is 0 Å². The molecule has 4 rings (SSSR count). The van der Waals surface area contributed by atoms with Crippen molar-refractivity contribution < 1.29 is 14.7 Å². The number of rotatable bonds is 8.